The van der Waals surface area contributed by atoms with Crippen LogP contribution in [0.5, 0.6) is 0 Å². The topological polar surface area (TPSA) is 41.3 Å². The molecule has 118 valence electrons. The van der Waals surface area contributed by atoms with Gasteiger partial charge in [-0.2, -0.15) is 0 Å². The highest BCUT2D eigenvalue weighted by atomic mass is 35.5. The van der Waals surface area contributed by atoms with E-state index in [9.17, 15) is 0 Å². The summed E-state index contributed by atoms with van der Waals surface area (Å²) in [5.74, 6) is 0.969. The van der Waals surface area contributed by atoms with E-state index in [0.717, 1.165) is 23.6 Å². The molecule has 0 amide bonds. The smallest absolute Gasteiger partial charge is 0.151 e. The molecule has 1 aromatic heterocycles. The standard InChI is InChI=1S/C17H21N3O.ClH/c1-2-4-14(5-3-1)16-10-15(21-19-16)11-20-9-7-17(13-20)6-8-18-12-17;/h1-5,10,18H,6-9,11-13H2;1H. The van der Waals surface area contributed by atoms with Crippen LogP contribution in [0.25, 0.3) is 11.3 Å². The van der Waals surface area contributed by atoms with E-state index in [0.29, 0.717) is 5.41 Å². The molecule has 2 aromatic rings. The van der Waals surface area contributed by atoms with Crippen LogP contribution < -0.4 is 5.32 Å². The van der Waals surface area contributed by atoms with Gasteiger partial charge >= 0.3 is 0 Å². The number of hydrogen-bond donors (Lipinski definition) is 1. The van der Waals surface area contributed by atoms with Gasteiger partial charge in [0.2, 0.25) is 0 Å². The molecule has 1 spiro atoms. The van der Waals surface area contributed by atoms with Gasteiger partial charge in [-0.3, -0.25) is 4.90 Å². The lowest BCUT2D eigenvalue weighted by molar-refractivity contribution is 0.240. The molecular weight excluding hydrogens is 298 g/mol. The molecule has 0 radical (unpaired) electrons. The molecule has 1 unspecified atom stereocenters. The van der Waals surface area contributed by atoms with Crippen LogP contribution in [0.2, 0.25) is 0 Å². The minimum absolute atomic E-state index is 0. The molecule has 1 aromatic carbocycles. The quantitative estimate of drug-likeness (QED) is 0.944. The van der Waals surface area contributed by atoms with Gasteiger partial charge in [-0.1, -0.05) is 35.5 Å². The summed E-state index contributed by atoms with van der Waals surface area (Å²) in [5, 5.41) is 7.71. The SMILES string of the molecule is Cl.c1ccc(-c2cc(CN3CCC4(CCNC4)C3)on2)cc1. The molecular formula is C17H22ClN3O. The highest BCUT2D eigenvalue weighted by Gasteiger charge is 2.40. The van der Waals surface area contributed by atoms with Gasteiger partial charge in [-0.15, -0.1) is 12.4 Å². The van der Waals surface area contributed by atoms with Crippen LogP contribution in [-0.2, 0) is 6.54 Å². The van der Waals surface area contributed by atoms with Gasteiger partial charge in [0.15, 0.2) is 5.76 Å². The molecule has 5 heteroatoms. The molecule has 4 rings (SSSR count). The summed E-state index contributed by atoms with van der Waals surface area (Å²) in [4.78, 5) is 2.50. The van der Waals surface area contributed by atoms with Crippen LogP contribution in [0.3, 0.4) is 0 Å². The molecule has 2 fully saturated rings. The lowest BCUT2D eigenvalue weighted by atomic mass is 9.87. The lowest BCUT2D eigenvalue weighted by Crippen LogP contribution is -2.28. The monoisotopic (exact) mass is 319 g/mol. The van der Waals surface area contributed by atoms with E-state index >= 15 is 0 Å². The summed E-state index contributed by atoms with van der Waals surface area (Å²) >= 11 is 0. The van der Waals surface area contributed by atoms with Crippen molar-refractivity contribution in [1.29, 1.82) is 0 Å². The molecule has 2 saturated heterocycles. The maximum Gasteiger partial charge on any atom is 0.151 e. The fourth-order valence-electron chi connectivity index (χ4n) is 3.66. The van der Waals surface area contributed by atoms with E-state index in [1.54, 1.807) is 0 Å². The minimum atomic E-state index is 0. The molecule has 1 N–H and O–H groups in total. The van der Waals surface area contributed by atoms with Crippen molar-refractivity contribution >= 4 is 12.4 Å². The Morgan fingerprint density at radius 1 is 1.23 bits per heavy atom. The van der Waals surface area contributed by atoms with Gasteiger partial charge in [-0.05, 0) is 31.3 Å². The minimum Gasteiger partial charge on any atom is -0.359 e. The Labute approximate surface area is 137 Å². The van der Waals surface area contributed by atoms with E-state index in [-0.39, 0.29) is 12.4 Å². The number of nitrogens with zero attached hydrogens (tertiary/aromatic N) is 2. The molecule has 0 aliphatic carbocycles. The number of likely N-dealkylation sites (tertiary alicyclic amines) is 1. The summed E-state index contributed by atoms with van der Waals surface area (Å²) in [6.45, 7) is 5.58. The van der Waals surface area contributed by atoms with Gasteiger partial charge in [0.05, 0.1) is 6.54 Å². The number of rotatable bonds is 3. The lowest BCUT2D eigenvalue weighted by Gasteiger charge is -2.22. The summed E-state index contributed by atoms with van der Waals surface area (Å²) in [7, 11) is 0. The van der Waals surface area contributed by atoms with Crippen LogP contribution in [0.4, 0.5) is 0 Å². The van der Waals surface area contributed by atoms with Crippen molar-refractivity contribution in [3.05, 3.63) is 42.2 Å². The maximum atomic E-state index is 5.52. The maximum absolute atomic E-state index is 5.52. The Morgan fingerprint density at radius 3 is 2.86 bits per heavy atom. The van der Waals surface area contributed by atoms with E-state index in [1.807, 2.05) is 18.2 Å². The summed E-state index contributed by atoms with van der Waals surface area (Å²) < 4.78 is 5.52. The van der Waals surface area contributed by atoms with E-state index < -0.39 is 0 Å². The Kier molecular flexibility index (Phi) is 4.52. The second kappa shape index (κ2) is 6.41. The number of aromatic nitrogens is 1. The predicted molar refractivity (Wildman–Crippen MR) is 89.0 cm³/mol. The Balaban J connectivity index is 0.00000144. The van der Waals surface area contributed by atoms with Crippen LogP contribution in [0.15, 0.2) is 40.9 Å². The van der Waals surface area contributed by atoms with E-state index in [4.69, 9.17) is 4.52 Å². The molecule has 2 aliphatic heterocycles. The molecule has 4 nitrogen and oxygen atoms in total. The molecule has 2 aliphatic rings. The zero-order chi connectivity index (χ0) is 14.1. The first-order valence-corrected chi connectivity index (χ1v) is 7.77. The second-order valence-corrected chi connectivity index (χ2v) is 6.43. The molecule has 0 saturated carbocycles. The van der Waals surface area contributed by atoms with Crippen molar-refractivity contribution in [3.8, 4) is 11.3 Å². The van der Waals surface area contributed by atoms with Gasteiger partial charge < -0.3 is 9.84 Å². The summed E-state index contributed by atoms with van der Waals surface area (Å²) in [6, 6.07) is 12.3. The van der Waals surface area contributed by atoms with Crippen LogP contribution in [-0.4, -0.2) is 36.2 Å². The van der Waals surface area contributed by atoms with Gasteiger partial charge in [0, 0.05) is 24.7 Å². The van der Waals surface area contributed by atoms with Crippen molar-refractivity contribution in [2.75, 3.05) is 26.2 Å². The second-order valence-electron chi connectivity index (χ2n) is 6.43. The first-order valence-electron chi connectivity index (χ1n) is 7.77. The number of hydrogen-bond acceptors (Lipinski definition) is 4. The Morgan fingerprint density at radius 2 is 2.09 bits per heavy atom. The van der Waals surface area contributed by atoms with Crippen LogP contribution >= 0.6 is 12.4 Å². The average molecular weight is 320 g/mol. The Bertz CT molecular complexity index is 607. The largest absolute Gasteiger partial charge is 0.359 e. The number of halogens is 1. The zero-order valence-corrected chi connectivity index (χ0v) is 13.4. The zero-order valence-electron chi connectivity index (χ0n) is 12.6. The average Bonchev–Trinajstić information content (AvgIpc) is 3.24. The van der Waals surface area contributed by atoms with Crippen molar-refractivity contribution < 1.29 is 4.52 Å². The van der Waals surface area contributed by atoms with Gasteiger partial charge in [0.1, 0.15) is 5.69 Å². The van der Waals surface area contributed by atoms with Crippen molar-refractivity contribution in [1.82, 2.24) is 15.4 Å². The van der Waals surface area contributed by atoms with Crippen LogP contribution in [0.1, 0.15) is 18.6 Å². The van der Waals surface area contributed by atoms with E-state index in [2.05, 4.69) is 33.6 Å². The van der Waals surface area contributed by atoms with Crippen molar-refractivity contribution in [2.24, 2.45) is 5.41 Å². The van der Waals surface area contributed by atoms with Crippen LogP contribution in [0, 0.1) is 5.41 Å². The fourth-order valence-corrected chi connectivity index (χ4v) is 3.66. The molecule has 0 bridgehead atoms. The first-order chi connectivity index (χ1) is 10.3. The molecule has 1 atom stereocenters. The van der Waals surface area contributed by atoms with Crippen molar-refractivity contribution in [2.45, 2.75) is 19.4 Å². The Hall–Kier alpha value is -1.36. The van der Waals surface area contributed by atoms with Gasteiger partial charge in [-0.25, -0.2) is 0 Å². The normalized spacial score (nSPS) is 24.7. The summed E-state index contributed by atoms with van der Waals surface area (Å²) in [5.41, 5.74) is 2.56. The predicted octanol–water partition coefficient (Wildman–Crippen LogP) is 2.95. The van der Waals surface area contributed by atoms with Gasteiger partial charge in [0.25, 0.3) is 0 Å². The highest BCUT2D eigenvalue weighted by molar-refractivity contribution is 5.85. The third kappa shape index (κ3) is 3.05. The summed E-state index contributed by atoms with van der Waals surface area (Å²) in [6.07, 6.45) is 2.62. The molecule has 3 heterocycles. The van der Waals surface area contributed by atoms with Crippen molar-refractivity contribution in [3.63, 3.8) is 0 Å². The van der Waals surface area contributed by atoms with E-state index in [1.165, 1.54) is 39.0 Å². The first kappa shape index (κ1) is 15.5. The third-order valence-electron chi connectivity index (χ3n) is 4.86. The third-order valence-corrected chi connectivity index (χ3v) is 4.86. The highest BCUT2D eigenvalue weighted by Crippen LogP contribution is 2.36. The number of benzene rings is 1. The number of nitrogens with one attached hydrogen (secondary N) is 1. The molecule has 22 heavy (non-hydrogen) atoms. The fraction of sp³-hybridized carbons (Fsp3) is 0.471.